The van der Waals surface area contributed by atoms with Crippen LogP contribution in [-0.4, -0.2) is 46.3 Å². The number of aliphatic hydroxyl groups excluding tert-OH is 3. The van der Waals surface area contributed by atoms with Gasteiger partial charge >= 0.3 is 0 Å². The lowest BCUT2D eigenvalue weighted by molar-refractivity contribution is -0.0417. The van der Waals surface area contributed by atoms with Gasteiger partial charge in [0.25, 0.3) is 0 Å². The standard InChI is InChI=1S/C30H42O4/c1-20-11-9-14-24(17-20)23(4)26(25-15-10-12-21(2)18-25)16-8-6-5-7-13-22(3)30-29(33)28(32)27(19-31)34-30/h9-12,14-15,17-18,22,26-33H,4-8,13,16,19H2,1-3H3/t22?,26?,27-,28-,29+,30+/m1/s1. The Bertz CT molecular complexity index is 924. The van der Waals surface area contributed by atoms with Gasteiger partial charge in [-0.2, -0.15) is 0 Å². The van der Waals surface area contributed by atoms with Crippen LogP contribution in [0, 0.1) is 19.8 Å². The number of aliphatic hydroxyl groups is 3. The molecular weight excluding hydrogens is 424 g/mol. The SMILES string of the molecule is C=C(c1cccc(C)c1)C(CCCCCCC(C)[C@@H]1O[C@H](CO)[C@@H](O)[C@@H]1O)c1cccc(C)c1. The molecule has 1 fully saturated rings. The number of benzene rings is 2. The van der Waals surface area contributed by atoms with Crippen LogP contribution in [0.15, 0.2) is 55.1 Å². The molecule has 1 heterocycles. The van der Waals surface area contributed by atoms with E-state index in [4.69, 9.17) is 4.74 Å². The van der Waals surface area contributed by atoms with Gasteiger partial charge in [0.1, 0.15) is 18.3 Å². The summed E-state index contributed by atoms with van der Waals surface area (Å²) in [4.78, 5) is 0. The summed E-state index contributed by atoms with van der Waals surface area (Å²) in [6, 6.07) is 17.4. The van der Waals surface area contributed by atoms with E-state index in [0.717, 1.165) is 38.5 Å². The van der Waals surface area contributed by atoms with Crippen LogP contribution in [-0.2, 0) is 4.74 Å². The van der Waals surface area contributed by atoms with E-state index in [1.807, 2.05) is 0 Å². The van der Waals surface area contributed by atoms with Crippen molar-refractivity contribution in [3.63, 3.8) is 0 Å². The molecule has 0 spiro atoms. The molecule has 0 radical (unpaired) electrons. The molecule has 2 aromatic carbocycles. The van der Waals surface area contributed by atoms with Gasteiger partial charge in [0.2, 0.25) is 0 Å². The van der Waals surface area contributed by atoms with Gasteiger partial charge in [0.05, 0.1) is 12.7 Å². The van der Waals surface area contributed by atoms with E-state index >= 15 is 0 Å². The Morgan fingerprint density at radius 2 is 1.56 bits per heavy atom. The molecule has 3 N–H and O–H groups in total. The normalized spacial score (nSPS) is 24.2. The van der Waals surface area contributed by atoms with Crippen molar-refractivity contribution in [3.05, 3.63) is 77.4 Å². The van der Waals surface area contributed by atoms with Gasteiger partial charge in [-0.25, -0.2) is 0 Å². The van der Waals surface area contributed by atoms with E-state index in [1.54, 1.807) is 0 Å². The molecule has 0 saturated carbocycles. The molecule has 4 heteroatoms. The summed E-state index contributed by atoms with van der Waals surface area (Å²) in [7, 11) is 0. The number of hydrogen-bond acceptors (Lipinski definition) is 4. The minimum Gasteiger partial charge on any atom is -0.394 e. The molecule has 1 saturated heterocycles. The molecule has 2 aromatic rings. The zero-order chi connectivity index (χ0) is 24.7. The molecule has 6 atom stereocenters. The van der Waals surface area contributed by atoms with Gasteiger partial charge in [0.15, 0.2) is 0 Å². The second kappa shape index (κ2) is 12.6. The highest BCUT2D eigenvalue weighted by Crippen LogP contribution is 2.36. The lowest BCUT2D eigenvalue weighted by Gasteiger charge is -2.23. The van der Waals surface area contributed by atoms with E-state index in [9.17, 15) is 15.3 Å². The van der Waals surface area contributed by atoms with Crippen molar-refractivity contribution in [2.45, 2.75) is 89.6 Å². The molecule has 0 bridgehead atoms. The predicted octanol–water partition coefficient (Wildman–Crippen LogP) is 5.56. The summed E-state index contributed by atoms with van der Waals surface area (Å²) in [5.74, 6) is 0.446. The van der Waals surface area contributed by atoms with Crippen LogP contribution >= 0.6 is 0 Å². The molecule has 186 valence electrons. The topological polar surface area (TPSA) is 69.9 Å². The first-order chi connectivity index (χ1) is 16.3. The van der Waals surface area contributed by atoms with Crippen molar-refractivity contribution in [1.29, 1.82) is 0 Å². The molecular formula is C30H42O4. The molecule has 3 rings (SSSR count). The predicted molar refractivity (Wildman–Crippen MR) is 139 cm³/mol. The van der Waals surface area contributed by atoms with Gasteiger partial charge in [-0.1, -0.05) is 98.8 Å². The second-order valence-corrected chi connectivity index (χ2v) is 10.1. The highest BCUT2D eigenvalue weighted by atomic mass is 16.6. The highest BCUT2D eigenvalue weighted by molar-refractivity contribution is 5.70. The number of unbranched alkanes of at least 4 members (excludes halogenated alkanes) is 3. The lowest BCUT2D eigenvalue weighted by atomic mass is 9.83. The monoisotopic (exact) mass is 466 g/mol. The highest BCUT2D eigenvalue weighted by Gasteiger charge is 2.44. The first kappa shape index (κ1) is 26.6. The second-order valence-electron chi connectivity index (χ2n) is 10.1. The van der Waals surface area contributed by atoms with Crippen LogP contribution in [0.1, 0.15) is 73.6 Å². The fourth-order valence-electron chi connectivity index (χ4n) is 5.21. The van der Waals surface area contributed by atoms with Crippen LogP contribution in [0.5, 0.6) is 0 Å². The third kappa shape index (κ3) is 6.79. The summed E-state index contributed by atoms with van der Waals surface area (Å²) >= 11 is 0. The molecule has 0 aliphatic carbocycles. The van der Waals surface area contributed by atoms with E-state index in [1.165, 1.54) is 27.8 Å². The van der Waals surface area contributed by atoms with Crippen LogP contribution in [0.4, 0.5) is 0 Å². The molecule has 4 nitrogen and oxygen atoms in total. The van der Waals surface area contributed by atoms with Crippen LogP contribution in [0.3, 0.4) is 0 Å². The van der Waals surface area contributed by atoms with Crippen molar-refractivity contribution < 1.29 is 20.1 Å². The largest absolute Gasteiger partial charge is 0.394 e. The van der Waals surface area contributed by atoms with E-state index in [2.05, 4.69) is 75.9 Å². The first-order valence-corrected chi connectivity index (χ1v) is 12.8. The van der Waals surface area contributed by atoms with Gasteiger partial charge in [-0.3, -0.25) is 0 Å². The Balaban J connectivity index is 1.50. The Morgan fingerprint density at radius 1 is 0.912 bits per heavy atom. The van der Waals surface area contributed by atoms with Crippen molar-refractivity contribution >= 4 is 5.57 Å². The Morgan fingerprint density at radius 3 is 2.18 bits per heavy atom. The van der Waals surface area contributed by atoms with Crippen LogP contribution < -0.4 is 0 Å². The average Bonchev–Trinajstić information content (AvgIpc) is 3.11. The summed E-state index contributed by atoms with van der Waals surface area (Å²) in [5.41, 5.74) is 6.28. The first-order valence-electron chi connectivity index (χ1n) is 12.8. The molecule has 1 aliphatic rings. The van der Waals surface area contributed by atoms with E-state index in [0.29, 0.717) is 5.92 Å². The number of aryl methyl sites for hydroxylation is 2. The summed E-state index contributed by atoms with van der Waals surface area (Å²) in [6.45, 7) is 10.6. The van der Waals surface area contributed by atoms with Gasteiger partial charge < -0.3 is 20.1 Å². The van der Waals surface area contributed by atoms with E-state index in [-0.39, 0.29) is 12.5 Å². The van der Waals surface area contributed by atoms with Gasteiger partial charge in [0, 0.05) is 5.92 Å². The molecule has 0 amide bonds. The Hall–Kier alpha value is -1.98. The summed E-state index contributed by atoms with van der Waals surface area (Å²) in [5, 5.41) is 29.5. The van der Waals surface area contributed by atoms with Crippen LogP contribution in [0.2, 0.25) is 0 Å². The average molecular weight is 467 g/mol. The Kier molecular flexibility index (Phi) is 9.90. The number of rotatable bonds is 12. The fourth-order valence-corrected chi connectivity index (χ4v) is 5.21. The minimum atomic E-state index is -1.00. The lowest BCUT2D eigenvalue weighted by Crippen LogP contribution is -2.35. The quantitative estimate of drug-likeness (QED) is 0.358. The zero-order valence-electron chi connectivity index (χ0n) is 21.0. The number of ether oxygens (including phenoxy) is 1. The fraction of sp³-hybridized carbons (Fsp3) is 0.533. The maximum Gasteiger partial charge on any atom is 0.111 e. The molecule has 1 aliphatic heterocycles. The summed E-state index contributed by atoms with van der Waals surface area (Å²) < 4.78 is 5.68. The van der Waals surface area contributed by atoms with E-state index < -0.39 is 24.4 Å². The maximum atomic E-state index is 10.2. The summed E-state index contributed by atoms with van der Waals surface area (Å²) in [6.07, 6.45) is 3.45. The molecule has 0 aromatic heterocycles. The maximum absolute atomic E-state index is 10.2. The molecule has 34 heavy (non-hydrogen) atoms. The zero-order valence-corrected chi connectivity index (χ0v) is 21.0. The van der Waals surface area contributed by atoms with Crippen molar-refractivity contribution in [2.24, 2.45) is 5.92 Å². The van der Waals surface area contributed by atoms with Crippen molar-refractivity contribution in [3.8, 4) is 0 Å². The third-order valence-corrected chi connectivity index (χ3v) is 7.30. The van der Waals surface area contributed by atoms with Gasteiger partial charge in [-0.05, 0) is 49.3 Å². The smallest absolute Gasteiger partial charge is 0.111 e. The van der Waals surface area contributed by atoms with Gasteiger partial charge in [-0.15, -0.1) is 0 Å². The number of hydrogen-bond donors (Lipinski definition) is 3. The molecule has 2 unspecified atom stereocenters. The third-order valence-electron chi connectivity index (χ3n) is 7.30. The number of allylic oxidation sites excluding steroid dienone is 1. The van der Waals surface area contributed by atoms with Crippen molar-refractivity contribution in [2.75, 3.05) is 6.61 Å². The Labute approximate surface area is 205 Å². The minimum absolute atomic E-state index is 0.141. The van der Waals surface area contributed by atoms with Crippen LogP contribution in [0.25, 0.3) is 5.57 Å². The van der Waals surface area contributed by atoms with Crippen molar-refractivity contribution in [1.82, 2.24) is 0 Å².